The van der Waals surface area contributed by atoms with E-state index in [1.807, 2.05) is 65.2 Å². The first-order valence-electron chi connectivity index (χ1n) is 9.79. The highest BCUT2D eigenvalue weighted by Crippen LogP contribution is 2.23. The fourth-order valence-corrected chi connectivity index (χ4v) is 2.99. The third-order valence-corrected chi connectivity index (χ3v) is 4.46. The molecular formula is C21H24N8O. The van der Waals surface area contributed by atoms with Crippen LogP contribution >= 0.6 is 0 Å². The molecule has 0 fully saturated rings. The third kappa shape index (κ3) is 4.93. The molecule has 0 aliphatic carbocycles. The van der Waals surface area contributed by atoms with E-state index in [0.717, 1.165) is 30.1 Å². The van der Waals surface area contributed by atoms with Crippen LogP contribution in [0.2, 0.25) is 0 Å². The molecule has 9 nitrogen and oxygen atoms in total. The zero-order valence-electron chi connectivity index (χ0n) is 16.8. The molecule has 0 bridgehead atoms. The fraction of sp³-hybridized carbons (Fsp3) is 0.238. The van der Waals surface area contributed by atoms with E-state index in [1.165, 1.54) is 0 Å². The highest BCUT2D eigenvalue weighted by atomic mass is 16.5. The largest absolute Gasteiger partial charge is 0.494 e. The van der Waals surface area contributed by atoms with E-state index in [0.29, 0.717) is 30.4 Å². The summed E-state index contributed by atoms with van der Waals surface area (Å²) in [4.78, 5) is 8.95. The lowest BCUT2D eigenvalue weighted by Gasteiger charge is -2.10. The van der Waals surface area contributed by atoms with Crippen LogP contribution in [0.25, 0.3) is 0 Å². The summed E-state index contributed by atoms with van der Waals surface area (Å²) in [5.41, 5.74) is 8.46. The van der Waals surface area contributed by atoms with Gasteiger partial charge in [-0.05, 0) is 42.8 Å². The quantitative estimate of drug-likeness (QED) is 0.441. The summed E-state index contributed by atoms with van der Waals surface area (Å²) in [5.74, 6) is 2.07. The number of anilines is 3. The lowest BCUT2D eigenvalue weighted by atomic mass is 10.2. The Hall–Kier alpha value is -3.88. The van der Waals surface area contributed by atoms with E-state index < -0.39 is 0 Å². The minimum Gasteiger partial charge on any atom is -0.494 e. The predicted octanol–water partition coefficient (Wildman–Crippen LogP) is 2.89. The first-order chi connectivity index (χ1) is 14.7. The Morgan fingerprint density at radius 3 is 2.67 bits per heavy atom. The molecule has 0 aliphatic heterocycles. The first kappa shape index (κ1) is 19.4. The van der Waals surface area contributed by atoms with E-state index in [4.69, 9.17) is 10.5 Å². The van der Waals surface area contributed by atoms with Gasteiger partial charge in [0.2, 0.25) is 0 Å². The normalized spacial score (nSPS) is 10.8. The first-order valence-corrected chi connectivity index (χ1v) is 9.79. The monoisotopic (exact) mass is 404 g/mol. The number of hydrogen-bond acceptors (Lipinski definition) is 7. The molecule has 30 heavy (non-hydrogen) atoms. The Kier molecular flexibility index (Phi) is 5.88. The van der Waals surface area contributed by atoms with Crippen molar-refractivity contribution >= 4 is 17.2 Å². The maximum absolute atomic E-state index is 6.06. The lowest BCUT2D eigenvalue weighted by Crippen LogP contribution is -2.08. The Balaban J connectivity index is 1.40. The average molecular weight is 404 g/mol. The molecule has 0 spiro atoms. The summed E-state index contributed by atoms with van der Waals surface area (Å²) in [6, 6.07) is 9.57. The van der Waals surface area contributed by atoms with Gasteiger partial charge in [0.25, 0.3) is 0 Å². The molecule has 0 unspecified atom stereocenters. The molecule has 0 saturated heterocycles. The molecule has 1 aromatic carbocycles. The van der Waals surface area contributed by atoms with E-state index in [2.05, 4.69) is 25.5 Å². The van der Waals surface area contributed by atoms with Crippen molar-refractivity contribution in [1.29, 1.82) is 0 Å². The molecule has 154 valence electrons. The third-order valence-electron chi connectivity index (χ3n) is 4.46. The second kappa shape index (κ2) is 9.08. The summed E-state index contributed by atoms with van der Waals surface area (Å²) in [5, 5.41) is 11.9. The van der Waals surface area contributed by atoms with Crippen LogP contribution < -0.4 is 15.8 Å². The molecule has 3 N–H and O–H groups in total. The van der Waals surface area contributed by atoms with E-state index >= 15 is 0 Å². The summed E-state index contributed by atoms with van der Waals surface area (Å²) >= 11 is 0. The number of hydrogen-bond donors (Lipinski definition) is 2. The summed E-state index contributed by atoms with van der Waals surface area (Å²) < 4.78 is 9.24. The number of nitrogens with two attached hydrogens (primary N) is 1. The van der Waals surface area contributed by atoms with Crippen molar-refractivity contribution in [2.45, 2.75) is 26.4 Å². The molecule has 9 heteroatoms. The van der Waals surface area contributed by atoms with Crippen molar-refractivity contribution in [2.24, 2.45) is 0 Å². The maximum atomic E-state index is 6.06. The van der Waals surface area contributed by atoms with Crippen molar-refractivity contribution in [1.82, 2.24) is 29.5 Å². The maximum Gasteiger partial charge on any atom is 0.157 e. The van der Waals surface area contributed by atoms with Gasteiger partial charge in [-0.3, -0.25) is 9.36 Å². The molecule has 3 heterocycles. The number of aromatic nitrogens is 6. The SMILES string of the molecule is CCOc1ccc(Nc2nc(Cc3cnn(CCn4cccn4)c3)ncc2N)cc1. The zero-order chi connectivity index (χ0) is 20.8. The van der Waals surface area contributed by atoms with Crippen molar-refractivity contribution in [3.63, 3.8) is 0 Å². The number of nitrogens with zero attached hydrogens (tertiary/aromatic N) is 6. The van der Waals surface area contributed by atoms with Crippen LogP contribution in [0.5, 0.6) is 5.75 Å². The van der Waals surface area contributed by atoms with E-state index in [1.54, 1.807) is 12.4 Å². The molecular weight excluding hydrogens is 380 g/mol. The van der Waals surface area contributed by atoms with Gasteiger partial charge in [-0.2, -0.15) is 10.2 Å². The fourth-order valence-electron chi connectivity index (χ4n) is 2.99. The van der Waals surface area contributed by atoms with Crippen LogP contribution in [0, 0.1) is 0 Å². The predicted molar refractivity (Wildman–Crippen MR) is 115 cm³/mol. The summed E-state index contributed by atoms with van der Waals surface area (Å²) in [6.07, 6.45) is 9.74. The highest BCUT2D eigenvalue weighted by Gasteiger charge is 2.08. The summed E-state index contributed by atoms with van der Waals surface area (Å²) in [7, 11) is 0. The standard InChI is InChI=1S/C21H24N8O/c1-2-30-18-6-4-17(5-7-18)26-21-19(22)14-23-20(27-21)12-16-13-25-29(15-16)11-10-28-9-3-8-24-28/h3-9,13-15H,2,10-12,22H2,1H3,(H,23,26,27). The van der Waals surface area contributed by atoms with Gasteiger partial charge in [0.1, 0.15) is 11.6 Å². The van der Waals surface area contributed by atoms with Crippen LogP contribution in [-0.2, 0) is 19.5 Å². The topological polar surface area (TPSA) is 109 Å². The average Bonchev–Trinajstić information content (AvgIpc) is 3.42. The second-order valence-corrected chi connectivity index (χ2v) is 6.73. The smallest absolute Gasteiger partial charge is 0.157 e. The molecule has 3 aromatic heterocycles. The van der Waals surface area contributed by atoms with Gasteiger partial charge in [0, 0.05) is 30.7 Å². The minimum atomic E-state index is 0.488. The van der Waals surface area contributed by atoms with Gasteiger partial charge in [-0.25, -0.2) is 9.97 Å². The number of benzene rings is 1. The second-order valence-electron chi connectivity index (χ2n) is 6.73. The molecule has 0 amide bonds. The number of aryl methyl sites for hydroxylation is 2. The number of rotatable bonds is 9. The minimum absolute atomic E-state index is 0.488. The van der Waals surface area contributed by atoms with Gasteiger partial charge in [-0.1, -0.05) is 0 Å². The van der Waals surface area contributed by atoms with E-state index in [9.17, 15) is 0 Å². The zero-order valence-corrected chi connectivity index (χ0v) is 16.8. The van der Waals surface area contributed by atoms with Crippen molar-refractivity contribution in [3.05, 3.63) is 72.7 Å². The molecule has 0 radical (unpaired) electrons. The van der Waals surface area contributed by atoms with Crippen molar-refractivity contribution in [3.8, 4) is 5.75 Å². The van der Waals surface area contributed by atoms with Crippen molar-refractivity contribution in [2.75, 3.05) is 17.7 Å². The molecule has 0 atom stereocenters. The van der Waals surface area contributed by atoms with Gasteiger partial charge in [-0.15, -0.1) is 0 Å². The van der Waals surface area contributed by atoms with Gasteiger partial charge < -0.3 is 15.8 Å². The lowest BCUT2D eigenvalue weighted by molar-refractivity contribution is 0.340. The molecule has 4 aromatic rings. The van der Waals surface area contributed by atoms with Gasteiger partial charge >= 0.3 is 0 Å². The molecule has 0 aliphatic rings. The van der Waals surface area contributed by atoms with Crippen LogP contribution in [-0.4, -0.2) is 36.1 Å². The molecule has 0 saturated carbocycles. The van der Waals surface area contributed by atoms with Gasteiger partial charge in [0.05, 0.1) is 37.8 Å². The van der Waals surface area contributed by atoms with Crippen molar-refractivity contribution < 1.29 is 4.74 Å². The number of nitrogens with one attached hydrogen (secondary N) is 1. The Morgan fingerprint density at radius 2 is 1.90 bits per heavy atom. The highest BCUT2D eigenvalue weighted by molar-refractivity contribution is 5.68. The van der Waals surface area contributed by atoms with Crippen LogP contribution in [0.3, 0.4) is 0 Å². The summed E-state index contributed by atoms with van der Waals surface area (Å²) in [6.45, 7) is 4.10. The van der Waals surface area contributed by atoms with Gasteiger partial charge in [0.15, 0.2) is 5.82 Å². The number of nitrogen functional groups attached to an aromatic ring is 1. The Bertz CT molecular complexity index is 1070. The Morgan fingerprint density at radius 1 is 1.07 bits per heavy atom. The Labute approximate surface area is 174 Å². The van der Waals surface area contributed by atoms with Crippen LogP contribution in [0.4, 0.5) is 17.2 Å². The van der Waals surface area contributed by atoms with E-state index in [-0.39, 0.29) is 0 Å². The number of ether oxygens (including phenoxy) is 1. The molecule has 4 rings (SSSR count). The van der Waals surface area contributed by atoms with Crippen LogP contribution in [0.1, 0.15) is 18.3 Å². The van der Waals surface area contributed by atoms with Crippen LogP contribution in [0.15, 0.2) is 61.3 Å².